The molecule has 1 saturated heterocycles. The summed E-state index contributed by atoms with van der Waals surface area (Å²) in [5, 5.41) is 12.9. The number of halogens is 2. The van der Waals surface area contributed by atoms with Crippen LogP contribution in [0.4, 0.5) is 0 Å². The maximum absolute atomic E-state index is 9.55. The third kappa shape index (κ3) is 2.86. The highest BCUT2D eigenvalue weighted by molar-refractivity contribution is 9.13. The van der Waals surface area contributed by atoms with Crippen LogP contribution < -0.4 is 5.32 Å². The first-order valence-corrected chi connectivity index (χ1v) is 7.63. The zero-order valence-corrected chi connectivity index (χ0v) is 12.7. The number of hydrogen-bond acceptors (Lipinski definition) is 4. The van der Waals surface area contributed by atoms with Crippen LogP contribution in [0, 0.1) is 0 Å². The Hall–Kier alpha value is 0.540. The molecular formula is C10H14Br2N2OS. The predicted octanol–water partition coefficient (Wildman–Crippen LogP) is 2.21. The van der Waals surface area contributed by atoms with Crippen molar-refractivity contribution in [3.05, 3.63) is 19.2 Å². The molecule has 1 atom stereocenters. The lowest BCUT2D eigenvalue weighted by atomic mass is 10.2. The normalized spacial score (nSPS) is 19.9. The first-order chi connectivity index (χ1) is 7.72. The molecule has 1 fully saturated rings. The van der Waals surface area contributed by atoms with Crippen LogP contribution in [-0.2, 0) is 0 Å². The van der Waals surface area contributed by atoms with E-state index >= 15 is 0 Å². The number of nitrogens with one attached hydrogen (secondary N) is 1. The van der Waals surface area contributed by atoms with Crippen LogP contribution in [0.2, 0.25) is 0 Å². The van der Waals surface area contributed by atoms with Gasteiger partial charge in [-0.15, -0.1) is 11.3 Å². The highest BCUT2D eigenvalue weighted by Gasteiger charge is 2.23. The van der Waals surface area contributed by atoms with Crippen molar-refractivity contribution < 1.29 is 5.11 Å². The second kappa shape index (κ2) is 5.93. The van der Waals surface area contributed by atoms with Crippen LogP contribution in [0.5, 0.6) is 0 Å². The monoisotopic (exact) mass is 368 g/mol. The van der Waals surface area contributed by atoms with E-state index in [-0.39, 0.29) is 12.6 Å². The van der Waals surface area contributed by atoms with Crippen LogP contribution in [-0.4, -0.2) is 42.8 Å². The minimum Gasteiger partial charge on any atom is -0.394 e. The zero-order chi connectivity index (χ0) is 11.5. The smallest absolute Gasteiger partial charge is 0.0843 e. The van der Waals surface area contributed by atoms with Crippen molar-refractivity contribution in [3.63, 3.8) is 0 Å². The number of thiophene rings is 1. The van der Waals surface area contributed by atoms with Gasteiger partial charge in [0.15, 0.2) is 0 Å². The Labute approximate surface area is 116 Å². The Morgan fingerprint density at radius 3 is 2.62 bits per heavy atom. The molecule has 16 heavy (non-hydrogen) atoms. The molecule has 0 aliphatic carbocycles. The number of rotatable bonds is 3. The molecule has 6 heteroatoms. The second-order valence-corrected chi connectivity index (χ2v) is 7.01. The minimum absolute atomic E-state index is 0.134. The van der Waals surface area contributed by atoms with Crippen LogP contribution >= 0.6 is 43.2 Å². The van der Waals surface area contributed by atoms with E-state index in [2.05, 4.69) is 48.1 Å². The summed E-state index contributed by atoms with van der Waals surface area (Å²) >= 11 is 8.67. The van der Waals surface area contributed by atoms with Gasteiger partial charge in [-0.1, -0.05) is 0 Å². The molecule has 0 aromatic carbocycles. The van der Waals surface area contributed by atoms with Crippen molar-refractivity contribution in [2.45, 2.75) is 6.04 Å². The number of aliphatic hydroxyl groups is 1. The molecule has 0 saturated carbocycles. The SMILES string of the molecule is OCC(c1cc(Br)c(Br)s1)N1CCNCC1. The molecule has 1 aliphatic rings. The fourth-order valence-electron chi connectivity index (χ4n) is 1.91. The highest BCUT2D eigenvalue weighted by atomic mass is 79.9. The average Bonchev–Trinajstić information content (AvgIpc) is 2.61. The topological polar surface area (TPSA) is 35.5 Å². The summed E-state index contributed by atoms with van der Waals surface area (Å²) in [6.07, 6.45) is 0. The molecule has 1 aromatic rings. The maximum atomic E-state index is 9.55. The molecule has 0 radical (unpaired) electrons. The van der Waals surface area contributed by atoms with E-state index in [1.165, 1.54) is 4.88 Å². The summed E-state index contributed by atoms with van der Waals surface area (Å²) < 4.78 is 2.16. The number of aliphatic hydroxyl groups excluding tert-OH is 1. The molecule has 2 N–H and O–H groups in total. The van der Waals surface area contributed by atoms with Gasteiger partial charge in [0.05, 0.1) is 16.4 Å². The fourth-order valence-corrected chi connectivity index (χ4v) is 4.12. The third-order valence-electron chi connectivity index (χ3n) is 2.76. The average molecular weight is 370 g/mol. The van der Waals surface area contributed by atoms with Gasteiger partial charge in [0.2, 0.25) is 0 Å². The fraction of sp³-hybridized carbons (Fsp3) is 0.600. The molecule has 2 heterocycles. The summed E-state index contributed by atoms with van der Waals surface area (Å²) in [5.74, 6) is 0. The summed E-state index contributed by atoms with van der Waals surface area (Å²) in [7, 11) is 0. The molecule has 1 aliphatic heterocycles. The lowest BCUT2D eigenvalue weighted by molar-refractivity contribution is 0.113. The Kier molecular flexibility index (Phi) is 4.81. The van der Waals surface area contributed by atoms with Gasteiger partial charge < -0.3 is 10.4 Å². The van der Waals surface area contributed by atoms with Gasteiger partial charge in [0, 0.05) is 35.5 Å². The van der Waals surface area contributed by atoms with Crippen molar-refractivity contribution in [1.29, 1.82) is 0 Å². The highest BCUT2D eigenvalue weighted by Crippen LogP contribution is 2.37. The minimum atomic E-state index is 0.134. The molecule has 90 valence electrons. The van der Waals surface area contributed by atoms with Gasteiger partial charge in [-0.2, -0.15) is 0 Å². The number of piperazine rings is 1. The molecule has 1 aromatic heterocycles. The Balaban J connectivity index is 2.14. The van der Waals surface area contributed by atoms with Crippen LogP contribution in [0.1, 0.15) is 10.9 Å². The van der Waals surface area contributed by atoms with E-state index in [4.69, 9.17) is 0 Å². The summed E-state index contributed by atoms with van der Waals surface area (Å²) in [6.45, 7) is 4.19. The molecular weight excluding hydrogens is 356 g/mol. The Morgan fingerprint density at radius 2 is 2.12 bits per heavy atom. The van der Waals surface area contributed by atoms with Gasteiger partial charge in [0.1, 0.15) is 0 Å². The van der Waals surface area contributed by atoms with Gasteiger partial charge in [-0.25, -0.2) is 0 Å². The van der Waals surface area contributed by atoms with E-state index in [0.29, 0.717) is 0 Å². The van der Waals surface area contributed by atoms with Crippen molar-refractivity contribution in [2.24, 2.45) is 0 Å². The van der Waals surface area contributed by atoms with Crippen LogP contribution in [0.3, 0.4) is 0 Å². The van der Waals surface area contributed by atoms with E-state index in [1.807, 2.05) is 0 Å². The summed E-state index contributed by atoms with van der Waals surface area (Å²) in [4.78, 5) is 3.55. The first-order valence-electron chi connectivity index (χ1n) is 5.22. The summed E-state index contributed by atoms with van der Waals surface area (Å²) in [6, 6.07) is 2.23. The Morgan fingerprint density at radius 1 is 1.44 bits per heavy atom. The molecule has 0 spiro atoms. The lowest BCUT2D eigenvalue weighted by Gasteiger charge is -2.33. The molecule has 2 rings (SSSR count). The van der Waals surface area contributed by atoms with E-state index in [1.54, 1.807) is 11.3 Å². The van der Waals surface area contributed by atoms with Gasteiger partial charge in [-0.05, 0) is 37.9 Å². The third-order valence-corrected chi connectivity index (χ3v) is 6.12. The predicted molar refractivity (Wildman–Crippen MR) is 74.0 cm³/mol. The second-order valence-electron chi connectivity index (χ2n) is 3.75. The van der Waals surface area contributed by atoms with Crippen LogP contribution in [0.25, 0.3) is 0 Å². The zero-order valence-electron chi connectivity index (χ0n) is 8.75. The van der Waals surface area contributed by atoms with Crippen LogP contribution in [0.15, 0.2) is 14.3 Å². The van der Waals surface area contributed by atoms with Crippen molar-refractivity contribution in [2.75, 3.05) is 32.8 Å². The standard InChI is InChI=1S/C10H14Br2N2OS/c11-7-5-9(16-10(7)12)8(6-15)14-3-1-13-2-4-14/h5,8,13,15H,1-4,6H2. The largest absolute Gasteiger partial charge is 0.394 e. The molecule has 0 amide bonds. The van der Waals surface area contributed by atoms with Gasteiger partial charge >= 0.3 is 0 Å². The van der Waals surface area contributed by atoms with Crippen molar-refractivity contribution in [3.8, 4) is 0 Å². The first kappa shape index (κ1) is 13.0. The van der Waals surface area contributed by atoms with Crippen molar-refractivity contribution in [1.82, 2.24) is 10.2 Å². The lowest BCUT2D eigenvalue weighted by Crippen LogP contribution is -2.45. The van der Waals surface area contributed by atoms with Crippen molar-refractivity contribution >= 4 is 43.2 Å². The van der Waals surface area contributed by atoms with Gasteiger partial charge in [-0.3, -0.25) is 4.90 Å². The van der Waals surface area contributed by atoms with Gasteiger partial charge in [0.25, 0.3) is 0 Å². The van der Waals surface area contributed by atoms with E-state index in [9.17, 15) is 5.11 Å². The number of nitrogens with zero attached hydrogens (tertiary/aromatic N) is 1. The number of hydrogen-bond donors (Lipinski definition) is 2. The summed E-state index contributed by atoms with van der Waals surface area (Å²) in [5.41, 5.74) is 0. The molecule has 0 bridgehead atoms. The van der Waals surface area contributed by atoms with E-state index < -0.39 is 0 Å². The quantitative estimate of drug-likeness (QED) is 0.857. The molecule has 1 unspecified atom stereocenters. The van der Waals surface area contributed by atoms with E-state index in [0.717, 1.165) is 34.4 Å². The molecule has 3 nitrogen and oxygen atoms in total. The maximum Gasteiger partial charge on any atom is 0.0843 e. The Bertz CT molecular complexity index is 333.